The molecule has 1 aliphatic rings. The summed E-state index contributed by atoms with van der Waals surface area (Å²) in [6.07, 6.45) is 2.50. The maximum absolute atomic E-state index is 13.4. The van der Waals surface area contributed by atoms with E-state index in [-0.39, 0.29) is 11.6 Å². The SMILES string of the molecule is O=C(N[C@@H]1CCCC[C@H]1O)c1cc(F)ccc1F. The Morgan fingerprint density at radius 3 is 2.72 bits per heavy atom. The Morgan fingerprint density at radius 1 is 1.28 bits per heavy atom. The zero-order chi connectivity index (χ0) is 13.1. The molecule has 98 valence electrons. The lowest BCUT2D eigenvalue weighted by atomic mass is 9.92. The fourth-order valence-corrected chi connectivity index (χ4v) is 2.20. The number of aliphatic hydroxyl groups is 1. The highest BCUT2D eigenvalue weighted by molar-refractivity contribution is 5.94. The number of nitrogens with one attached hydrogen (secondary N) is 1. The molecule has 0 heterocycles. The Bertz CT molecular complexity index is 451. The molecule has 2 rings (SSSR count). The van der Waals surface area contributed by atoms with Gasteiger partial charge in [0.25, 0.3) is 5.91 Å². The van der Waals surface area contributed by atoms with Crippen molar-refractivity contribution in [2.45, 2.75) is 37.8 Å². The van der Waals surface area contributed by atoms with Crippen LogP contribution in [0.15, 0.2) is 18.2 Å². The highest BCUT2D eigenvalue weighted by Gasteiger charge is 2.25. The summed E-state index contributed by atoms with van der Waals surface area (Å²) in [5.41, 5.74) is -0.326. The van der Waals surface area contributed by atoms with Crippen LogP contribution in [0.2, 0.25) is 0 Å². The molecular weight excluding hydrogens is 240 g/mol. The van der Waals surface area contributed by atoms with Crippen molar-refractivity contribution in [3.8, 4) is 0 Å². The van der Waals surface area contributed by atoms with Crippen molar-refractivity contribution in [2.24, 2.45) is 0 Å². The molecule has 5 heteroatoms. The van der Waals surface area contributed by atoms with Crippen LogP contribution in [0.3, 0.4) is 0 Å². The van der Waals surface area contributed by atoms with Crippen molar-refractivity contribution in [1.29, 1.82) is 0 Å². The van der Waals surface area contributed by atoms with E-state index in [0.29, 0.717) is 12.8 Å². The van der Waals surface area contributed by atoms with Crippen LogP contribution >= 0.6 is 0 Å². The lowest BCUT2D eigenvalue weighted by molar-refractivity contribution is 0.0714. The number of benzene rings is 1. The van der Waals surface area contributed by atoms with Gasteiger partial charge in [0.05, 0.1) is 17.7 Å². The first-order chi connectivity index (χ1) is 8.58. The molecule has 1 amide bonds. The van der Waals surface area contributed by atoms with E-state index in [2.05, 4.69) is 5.32 Å². The third-order valence-corrected chi connectivity index (χ3v) is 3.22. The van der Waals surface area contributed by atoms with Crippen molar-refractivity contribution in [2.75, 3.05) is 0 Å². The quantitative estimate of drug-likeness (QED) is 0.849. The number of aliphatic hydroxyl groups excluding tert-OH is 1. The average molecular weight is 255 g/mol. The first kappa shape index (κ1) is 13.0. The van der Waals surface area contributed by atoms with Crippen LogP contribution in [0.25, 0.3) is 0 Å². The number of hydrogen-bond acceptors (Lipinski definition) is 2. The lowest BCUT2D eigenvalue weighted by Gasteiger charge is -2.28. The topological polar surface area (TPSA) is 49.3 Å². The Balaban J connectivity index is 2.09. The van der Waals surface area contributed by atoms with Crippen LogP contribution in [-0.4, -0.2) is 23.2 Å². The van der Waals surface area contributed by atoms with Crippen LogP contribution < -0.4 is 5.32 Å². The normalized spacial score (nSPS) is 23.7. The van der Waals surface area contributed by atoms with Gasteiger partial charge < -0.3 is 10.4 Å². The Kier molecular flexibility index (Phi) is 3.91. The van der Waals surface area contributed by atoms with Gasteiger partial charge in [0.2, 0.25) is 0 Å². The van der Waals surface area contributed by atoms with Gasteiger partial charge in [-0.2, -0.15) is 0 Å². The first-order valence-corrected chi connectivity index (χ1v) is 6.02. The molecule has 0 saturated heterocycles. The smallest absolute Gasteiger partial charge is 0.254 e. The third-order valence-electron chi connectivity index (χ3n) is 3.22. The third kappa shape index (κ3) is 2.85. The number of hydrogen-bond donors (Lipinski definition) is 2. The van der Waals surface area contributed by atoms with Gasteiger partial charge in [-0.15, -0.1) is 0 Å². The van der Waals surface area contributed by atoms with E-state index in [4.69, 9.17) is 0 Å². The van der Waals surface area contributed by atoms with E-state index in [1.54, 1.807) is 0 Å². The minimum atomic E-state index is -0.765. The van der Waals surface area contributed by atoms with Crippen molar-refractivity contribution in [1.82, 2.24) is 5.32 Å². The maximum atomic E-state index is 13.4. The number of rotatable bonds is 2. The Hall–Kier alpha value is -1.49. The summed E-state index contributed by atoms with van der Waals surface area (Å²) in [6.45, 7) is 0. The highest BCUT2D eigenvalue weighted by atomic mass is 19.1. The molecule has 0 bridgehead atoms. The van der Waals surface area contributed by atoms with Gasteiger partial charge in [-0.05, 0) is 31.0 Å². The molecule has 1 saturated carbocycles. The Morgan fingerprint density at radius 2 is 2.00 bits per heavy atom. The summed E-state index contributed by atoms with van der Waals surface area (Å²) >= 11 is 0. The monoisotopic (exact) mass is 255 g/mol. The summed E-state index contributed by atoms with van der Waals surface area (Å²) in [4.78, 5) is 11.8. The number of amides is 1. The van der Waals surface area contributed by atoms with Crippen molar-refractivity contribution in [3.63, 3.8) is 0 Å². The number of carbonyl (C=O) groups excluding carboxylic acids is 1. The molecule has 1 aromatic rings. The fraction of sp³-hybridized carbons (Fsp3) is 0.462. The summed E-state index contributed by atoms with van der Waals surface area (Å²) in [5, 5.41) is 12.3. The van der Waals surface area contributed by atoms with Crippen LogP contribution in [-0.2, 0) is 0 Å². The summed E-state index contributed by atoms with van der Waals surface area (Å²) in [6, 6.07) is 2.36. The van der Waals surface area contributed by atoms with Crippen molar-refractivity contribution >= 4 is 5.91 Å². The van der Waals surface area contributed by atoms with Crippen LogP contribution in [0.1, 0.15) is 36.0 Å². The molecule has 18 heavy (non-hydrogen) atoms. The van der Waals surface area contributed by atoms with Crippen LogP contribution in [0.4, 0.5) is 8.78 Å². The van der Waals surface area contributed by atoms with E-state index in [1.165, 1.54) is 0 Å². The van der Waals surface area contributed by atoms with Crippen molar-refractivity contribution in [3.05, 3.63) is 35.4 Å². The lowest BCUT2D eigenvalue weighted by Crippen LogP contribution is -2.45. The first-order valence-electron chi connectivity index (χ1n) is 6.02. The molecule has 1 aromatic carbocycles. The molecular formula is C13H15F2NO2. The second-order valence-electron chi connectivity index (χ2n) is 4.56. The van der Waals surface area contributed by atoms with Gasteiger partial charge in [0.1, 0.15) is 11.6 Å². The second-order valence-corrected chi connectivity index (χ2v) is 4.56. The molecule has 2 atom stereocenters. The Labute approximate surface area is 104 Å². The standard InChI is InChI=1S/C13H15F2NO2/c14-8-5-6-10(15)9(7-8)13(18)16-11-3-1-2-4-12(11)17/h5-7,11-12,17H,1-4H2,(H,16,18)/t11-,12-/m1/s1. The zero-order valence-corrected chi connectivity index (χ0v) is 9.83. The van der Waals surface area contributed by atoms with Gasteiger partial charge >= 0.3 is 0 Å². The zero-order valence-electron chi connectivity index (χ0n) is 9.83. The molecule has 0 unspecified atom stereocenters. The predicted molar refractivity (Wildman–Crippen MR) is 62.1 cm³/mol. The van der Waals surface area contributed by atoms with Gasteiger partial charge in [-0.25, -0.2) is 8.78 Å². The van der Waals surface area contributed by atoms with E-state index in [1.807, 2.05) is 0 Å². The molecule has 1 aliphatic carbocycles. The highest BCUT2D eigenvalue weighted by Crippen LogP contribution is 2.19. The maximum Gasteiger partial charge on any atom is 0.254 e. The summed E-state index contributed by atoms with van der Waals surface area (Å²) < 4.78 is 26.3. The average Bonchev–Trinajstić information content (AvgIpc) is 2.35. The minimum absolute atomic E-state index is 0.326. The van der Waals surface area contributed by atoms with E-state index in [0.717, 1.165) is 31.0 Å². The molecule has 1 fully saturated rings. The molecule has 0 aliphatic heterocycles. The second kappa shape index (κ2) is 5.44. The summed E-state index contributed by atoms with van der Waals surface area (Å²) in [5.74, 6) is -2.11. The van der Waals surface area contributed by atoms with Crippen LogP contribution in [0, 0.1) is 11.6 Å². The van der Waals surface area contributed by atoms with Crippen LogP contribution in [0.5, 0.6) is 0 Å². The van der Waals surface area contributed by atoms with E-state index in [9.17, 15) is 18.7 Å². The molecule has 0 spiro atoms. The molecule has 0 aromatic heterocycles. The minimum Gasteiger partial charge on any atom is -0.391 e. The number of halogens is 2. The fourth-order valence-electron chi connectivity index (χ4n) is 2.20. The summed E-state index contributed by atoms with van der Waals surface area (Å²) in [7, 11) is 0. The van der Waals surface area contributed by atoms with Gasteiger partial charge in [0.15, 0.2) is 0 Å². The molecule has 2 N–H and O–H groups in total. The van der Waals surface area contributed by atoms with Gasteiger partial charge in [-0.1, -0.05) is 12.8 Å². The van der Waals surface area contributed by atoms with E-state index >= 15 is 0 Å². The number of carbonyl (C=O) groups is 1. The largest absolute Gasteiger partial charge is 0.391 e. The van der Waals surface area contributed by atoms with Gasteiger partial charge in [-0.3, -0.25) is 4.79 Å². The predicted octanol–water partition coefficient (Wildman–Crippen LogP) is 2.00. The van der Waals surface area contributed by atoms with Gasteiger partial charge in [0, 0.05) is 0 Å². The van der Waals surface area contributed by atoms with E-state index < -0.39 is 23.6 Å². The molecule has 3 nitrogen and oxygen atoms in total. The molecule has 0 radical (unpaired) electrons. The van der Waals surface area contributed by atoms with Crippen molar-refractivity contribution < 1.29 is 18.7 Å².